The average molecular weight is 289 g/mol. The Kier molecular flexibility index (Phi) is 4.47. The first-order valence-corrected chi connectivity index (χ1v) is 7.31. The van der Waals surface area contributed by atoms with Gasteiger partial charge in [-0.25, -0.2) is 4.39 Å². The summed E-state index contributed by atoms with van der Waals surface area (Å²) >= 11 is 0. The molecule has 0 fully saturated rings. The van der Waals surface area contributed by atoms with Gasteiger partial charge < -0.3 is 5.32 Å². The predicted molar refractivity (Wildman–Crippen MR) is 83.6 cm³/mol. The Morgan fingerprint density at radius 1 is 1.33 bits per heavy atom. The summed E-state index contributed by atoms with van der Waals surface area (Å²) in [4.78, 5) is 0. The molecule has 3 nitrogen and oxygen atoms in total. The van der Waals surface area contributed by atoms with Gasteiger partial charge in [0.15, 0.2) is 0 Å². The van der Waals surface area contributed by atoms with Crippen LogP contribution in [0.25, 0.3) is 0 Å². The molecule has 0 bridgehead atoms. The minimum Gasteiger partial charge on any atom is -0.306 e. The van der Waals surface area contributed by atoms with Crippen LogP contribution in [0.1, 0.15) is 50.4 Å². The maximum atomic E-state index is 13.6. The molecule has 1 aromatic carbocycles. The zero-order chi connectivity index (χ0) is 15.6. The Balaban J connectivity index is 1.99. The van der Waals surface area contributed by atoms with E-state index in [-0.39, 0.29) is 17.4 Å². The first kappa shape index (κ1) is 15.7. The summed E-state index contributed by atoms with van der Waals surface area (Å²) in [7, 11) is 0. The van der Waals surface area contributed by atoms with Crippen molar-refractivity contribution < 1.29 is 4.39 Å². The van der Waals surface area contributed by atoms with Crippen LogP contribution in [0.5, 0.6) is 0 Å². The first-order chi connectivity index (χ1) is 9.77. The smallest absolute Gasteiger partial charge is 0.126 e. The quantitative estimate of drug-likeness (QED) is 0.924. The molecule has 0 saturated carbocycles. The van der Waals surface area contributed by atoms with Crippen molar-refractivity contribution in [3.05, 3.63) is 53.1 Å². The van der Waals surface area contributed by atoms with Crippen LogP contribution in [0.3, 0.4) is 0 Å². The number of nitrogens with zero attached hydrogens (tertiary/aromatic N) is 2. The van der Waals surface area contributed by atoms with E-state index in [0.29, 0.717) is 12.1 Å². The fraction of sp³-hybridized carbons (Fsp3) is 0.471. The second kappa shape index (κ2) is 5.98. The van der Waals surface area contributed by atoms with Gasteiger partial charge in [0.05, 0.1) is 11.7 Å². The Morgan fingerprint density at radius 3 is 2.62 bits per heavy atom. The molecule has 1 unspecified atom stereocenters. The number of halogens is 1. The Labute approximate surface area is 126 Å². The number of aryl methyl sites for hydroxylation is 1. The standard InChI is InChI=1S/C17H24FN3/c1-12-6-7-15(8-16(12)18)13(2)19-9-14-10-20-21(11-14)17(3,4)5/h6-8,10-11,13,19H,9H2,1-5H3. The zero-order valence-corrected chi connectivity index (χ0v) is 13.4. The normalized spacial score (nSPS) is 13.4. The lowest BCUT2D eigenvalue weighted by atomic mass is 10.1. The minimum absolute atomic E-state index is 0.00997. The van der Waals surface area contributed by atoms with Crippen LogP contribution in [-0.4, -0.2) is 9.78 Å². The summed E-state index contributed by atoms with van der Waals surface area (Å²) in [5, 5.41) is 7.79. The zero-order valence-electron chi connectivity index (χ0n) is 13.4. The SMILES string of the molecule is Cc1ccc(C(C)NCc2cnn(C(C)(C)C)c2)cc1F. The van der Waals surface area contributed by atoms with Gasteiger partial charge in [-0.05, 0) is 51.8 Å². The fourth-order valence-electron chi connectivity index (χ4n) is 2.09. The third-order valence-corrected chi connectivity index (χ3v) is 3.63. The van der Waals surface area contributed by atoms with Gasteiger partial charge in [-0.15, -0.1) is 0 Å². The summed E-state index contributed by atoms with van der Waals surface area (Å²) in [5.41, 5.74) is 2.76. The van der Waals surface area contributed by atoms with E-state index in [1.807, 2.05) is 29.9 Å². The van der Waals surface area contributed by atoms with Gasteiger partial charge in [-0.3, -0.25) is 4.68 Å². The maximum absolute atomic E-state index is 13.6. The van der Waals surface area contributed by atoms with E-state index < -0.39 is 0 Å². The molecule has 114 valence electrons. The van der Waals surface area contributed by atoms with Crippen molar-refractivity contribution in [1.29, 1.82) is 0 Å². The molecule has 2 aromatic rings. The van der Waals surface area contributed by atoms with Crippen molar-refractivity contribution in [3.63, 3.8) is 0 Å². The highest BCUT2D eigenvalue weighted by atomic mass is 19.1. The Bertz CT molecular complexity index is 611. The van der Waals surface area contributed by atoms with E-state index in [1.165, 1.54) is 0 Å². The van der Waals surface area contributed by atoms with Crippen molar-refractivity contribution in [3.8, 4) is 0 Å². The highest BCUT2D eigenvalue weighted by Crippen LogP contribution is 2.17. The van der Waals surface area contributed by atoms with Crippen LogP contribution in [0.2, 0.25) is 0 Å². The van der Waals surface area contributed by atoms with Crippen molar-refractivity contribution >= 4 is 0 Å². The van der Waals surface area contributed by atoms with Crippen molar-refractivity contribution in [2.75, 3.05) is 0 Å². The molecule has 0 saturated heterocycles. The first-order valence-electron chi connectivity index (χ1n) is 7.31. The lowest BCUT2D eigenvalue weighted by Gasteiger charge is -2.19. The molecule has 0 aliphatic rings. The second-order valence-electron chi connectivity index (χ2n) is 6.58. The molecule has 1 heterocycles. The summed E-state index contributed by atoms with van der Waals surface area (Å²) in [6.45, 7) is 10.9. The molecule has 21 heavy (non-hydrogen) atoms. The Hall–Kier alpha value is -1.68. The number of hydrogen-bond donors (Lipinski definition) is 1. The highest BCUT2D eigenvalue weighted by molar-refractivity contribution is 5.25. The van der Waals surface area contributed by atoms with Gasteiger partial charge in [0, 0.05) is 24.3 Å². The fourth-order valence-corrected chi connectivity index (χ4v) is 2.09. The minimum atomic E-state index is -0.151. The van der Waals surface area contributed by atoms with E-state index in [2.05, 4.69) is 37.4 Å². The lowest BCUT2D eigenvalue weighted by Crippen LogP contribution is -2.22. The summed E-state index contributed by atoms with van der Waals surface area (Å²) in [5.74, 6) is -0.151. The van der Waals surface area contributed by atoms with Crippen molar-refractivity contribution in [2.24, 2.45) is 0 Å². The van der Waals surface area contributed by atoms with E-state index in [1.54, 1.807) is 13.0 Å². The molecule has 0 amide bonds. The summed E-state index contributed by atoms with van der Waals surface area (Å²) < 4.78 is 15.6. The van der Waals surface area contributed by atoms with Crippen LogP contribution in [0.4, 0.5) is 4.39 Å². The van der Waals surface area contributed by atoms with Crippen molar-refractivity contribution in [1.82, 2.24) is 15.1 Å². The van der Waals surface area contributed by atoms with Gasteiger partial charge in [-0.2, -0.15) is 5.10 Å². The largest absolute Gasteiger partial charge is 0.306 e. The van der Waals surface area contributed by atoms with E-state index in [0.717, 1.165) is 11.1 Å². The van der Waals surface area contributed by atoms with Crippen molar-refractivity contribution in [2.45, 2.75) is 52.7 Å². The number of nitrogens with one attached hydrogen (secondary N) is 1. The van der Waals surface area contributed by atoms with Crippen LogP contribution < -0.4 is 5.32 Å². The van der Waals surface area contributed by atoms with Crippen LogP contribution in [0.15, 0.2) is 30.6 Å². The molecule has 1 aromatic heterocycles. The molecule has 1 atom stereocenters. The van der Waals surface area contributed by atoms with E-state index in [4.69, 9.17) is 0 Å². The third kappa shape index (κ3) is 3.91. The third-order valence-electron chi connectivity index (χ3n) is 3.63. The molecular formula is C17H24FN3. The van der Waals surface area contributed by atoms with Crippen LogP contribution in [0, 0.1) is 12.7 Å². The van der Waals surface area contributed by atoms with Gasteiger partial charge in [-0.1, -0.05) is 12.1 Å². The number of rotatable bonds is 4. The molecule has 2 rings (SSSR count). The number of hydrogen-bond acceptors (Lipinski definition) is 2. The van der Waals surface area contributed by atoms with Gasteiger partial charge in [0.2, 0.25) is 0 Å². The molecule has 0 aliphatic carbocycles. The van der Waals surface area contributed by atoms with Gasteiger partial charge >= 0.3 is 0 Å². The maximum Gasteiger partial charge on any atom is 0.126 e. The van der Waals surface area contributed by atoms with E-state index in [9.17, 15) is 4.39 Å². The molecule has 1 N–H and O–H groups in total. The van der Waals surface area contributed by atoms with Crippen LogP contribution in [-0.2, 0) is 12.1 Å². The monoisotopic (exact) mass is 289 g/mol. The molecule has 0 spiro atoms. The molecule has 4 heteroatoms. The number of benzene rings is 1. The average Bonchev–Trinajstić information content (AvgIpc) is 2.88. The highest BCUT2D eigenvalue weighted by Gasteiger charge is 2.14. The van der Waals surface area contributed by atoms with Crippen LogP contribution >= 0.6 is 0 Å². The number of aromatic nitrogens is 2. The molecular weight excluding hydrogens is 265 g/mol. The lowest BCUT2D eigenvalue weighted by molar-refractivity contribution is 0.355. The topological polar surface area (TPSA) is 29.9 Å². The van der Waals surface area contributed by atoms with E-state index >= 15 is 0 Å². The van der Waals surface area contributed by atoms with Gasteiger partial charge in [0.1, 0.15) is 5.82 Å². The summed E-state index contributed by atoms with van der Waals surface area (Å²) in [6.07, 6.45) is 3.93. The summed E-state index contributed by atoms with van der Waals surface area (Å²) in [6, 6.07) is 5.49. The van der Waals surface area contributed by atoms with Gasteiger partial charge in [0.25, 0.3) is 0 Å². The molecule has 0 radical (unpaired) electrons. The second-order valence-corrected chi connectivity index (χ2v) is 6.58. The molecule has 0 aliphatic heterocycles. The predicted octanol–water partition coefficient (Wildman–Crippen LogP) is 3.94. The Morgan fingerprint density at radius 2 is 2.05 bits per heavy atom.